The summed E-state index contributed by atoms with van der Waals surface area (Å²) in [6.45, 7) is 4.32. The van der Waals surface area contributed by atoms with Crippen LogP contribution >= 0.6 is 0 Å². The number of rotatable bonds is 5. The summed E-state index contributed by atoms with van der Waals surface area (Å²) in [6.07, 6.45) is -1.41. The van der Waals surface area contributed by atoms with Crippen LogP contribution in [0.3, 0.4) is 0 Å². The highest BCUT2D eigenvalue weighted by atomic mass is 19.4. The number of para-hydroxylation sites is 2. The van der Waals surface area contributed by atoms with Crippen molar-refractivity contribution in [1.82, 2.24) is 0 Å². The van der Waals surface area contributed by atoms with E-state index in [0.717, 1.165) is 37.2 Å². The summed E-state index contributed by atoms with van der Waals surface area (Å²) >= 11 is 0. The average Bonchev–Trinajstić information content (AvgIpc) is 2.86. The number of hydrogen-bond acceptors (Lipinski definition) is 4. The average molecular weight is 394 g/mol. The number of nitrogens with two attached hydrogens (primary N) is 1. The molecule has 2 aromatic rings. The molecule has 0 spiro atoms. The van der Waals surface area contributed by atoms with E-state index in [1.165, 1.54) is 24.6 Å². The van der Waals surface area contributed by atoms with Crippen molar-refractivity contribution >= 4 is 5.69 Å². The van der Waals surface area contributed by atoms with Crippen LogP contribution in [-0.4, -0.2) is 19.5 Å². The van der Waals surface area contributed by atoms with Crippen molar-refractivity contribution in [1.29, 1.82) is 0 Å². The molecule has 1 atom stereocenters. The molecule has 0 radical (unpaired) electrons. The van der Waals surface area contributed by atoms with Gasteiger partial charge in [0.15, 0.2) is 11.5 Å². The smallest absolute Gasteiger partial charge is 0.453 e. The number of alkyl halides is 3. The van der Waals surface area contributed by atoms with Crippen LogP contribution < -0.4 is 20.1 Å². The molecule has 1 aliphatic heterocycles. The zero-order valence-corrected chi connectivity index (χ0v) is 15.8. The van der Waals surface area contributed by atoms with Gasteiger partial charge in [0.1, 0.15) is 5.75 Å². The Balaban J connectivity index is 1.90. The quantitative estimate of drug-likeness (QED) is 0.731. The molecule has 0 saturated carbocycles. The van der Waals surface area contributed by atoms with E-state index >= 15 is 0 Å². The Kier molecular flexibility index (Phi) is 6.34. The van der Waals surface area contributed by atoms with E-state index in [0.29, 0.717) is 11.7 Å². The van der Waals surface area contributed by atoms with Gasteiger partial charge in [-0.3, -0.25) is 0 Å². The first-order valence-electron chi connectivity index (χ1n) is 9.47. The standard InChI is InChI=1S/C21H25F3N2O2/c1-15-6-5-12-26(13-11-15)17-7-4-10-18(16(17)14-25)27-19-8-2-3-9-20(19)28-21(22,23)24/h2-4,7-10,15H,5-6,11-14,25H2,1H3. The fraction of sp³-hybridized carbons (Fsp3) is 0.429. The van der Waals surface area contributed by atoms with Crippen LogP contribution in [0.1, 0.15) is 31.7 Å². The van der Waals surface area contributed by atoms with Crippen molar-refractivity contribution in [2.75, 3.05) is 18.0 Å². The molecular formula is C21H25F3N2O2. The molecule has 0 amide bonds. The van der Waals surface area contributed by atoms with E-state index in [2.05, 4.69) is 16.6 Å². The van der Waals surface area contributed by atoms with Gasteiger partial charge in [-0.05, 0) is 49.4 Å². The second kappa shape index (κ2) is 8.73. The zero-order valence-electron chi connectivity index (χ0n) is 15.8. The Morgan fingerprint density at radius 2 is 1.71 bits per heavy atom. The summed E-state index contributed by atoms with van der Waals surface area (Å²) in [4.78, 5) is 2.29. The third kappa shape index (κ3) is 5.10. The topological polar surface area (TPSA) is 47.7 Å². The predicted octanol–water partition coefficient (Wildman–Crippen LogP) is 5.46. The monoisotopic (exact) mass is 394 g/mol. The van der Waals surface area contributed by atoms with Gasteiger partial charge in [0.25, 0.3) is 0 Å². The van der Waals surface area contributed by atoms with Crippen molar-refractivity contribution in [2.45, 2.75) is 39.1 Å². The number of nitrogens with zero attached hydrogens (tertiary/aromatic N) is 1. The highest BCUT2D eigenvalue weighted by Gasteiger charge is 2.32. The summed E-state index contributed by atoms with van der Waals surface area (Å²) in [5.41, 5.74) is 7.75. The summed E-state index contributed by atoms with van der Waals surface area (Å²) in [6, 6.07) is 11.3. The normalized spacial score (nSPS) is 17.9. The fourth-order valence-corrected chi connectivity index (χ4v) is 3.52. The number of anilines is 1. The van der Waals surface area contributed by atoms with E-state index in [4.69, 9.17) is 10.5 Å². The van der Waals surface area contributed by atoms with Crippen molar-refractivity contribution in [3.8, 4) is 17.2 Å². The maximum absolute atomic E-state index is 12.7. The maximum Gasteiger partial charge on any atom is 0.573 e. The molecule has 1 heterocycles. The van der Waals surface area contributed by atoms with Gasteiger partial charge in [-0.25, -0.2) is 0 Å². The molecule has 1 unspecified atom stereocenters. The van der Waals surface area contributed by atoms with E-state index in [1.807, 2.05) is 12.1 Å². The van der Waals surface area contributed by atoms with Crippen LogP contribution in [0.2, 0.25) is 0 Å². The maximum atomic E-state index is 12.7. The lowest BCUT2D eigenvalue weighted by atomic mass is 10.0. The van der Waals surface area contributed by atoms with Crippen LogP contribution in [-0.2, 0) is 6.54 Å². The number of ether oxygens (including phenoxy) is 2. The molecule has 2 N–H and O–H groups in total. The SMILES string of the molecule is CC1CCCN(c2cccc(Oc3ccccc3OC(F)(F)F)c2CN)CC1. The van der Waals surface area contributed by atoms with Gasteiger partial charge in [-0.1, -0.05) is 25.1 Å². The van der Waals surface area contributed by atoms with Crippen molar-refractivity contribution in [3.05, 3.63) is 48.0 Å². The molecule has 0 aliphatic carbocycles. The Morgan fingerprint density at radius 3 is 2.43 bits per heavy atom. The van der Waals surface area contributed by atoms with E-state index in [-0.39, 0.29) is 18.0 Å². The molecular weight excluding hydrogens is 369 g/mol. The van der Waals surface area contributed by atoms with Gasteiger partial charge in [0.2, 0.25) is 0 Å². The number of halogens is 3. The minimum Gasteiger partial charge on any atom is -0.453 e. The van der Waals surface area contributed by atoms with Crippen molar-refractivity contribution < 1.29 is 22.6 Å². The molecule has 2 aromatic carbocycles. The highest BCUT2D eigenvalue weighted by molar-refractivity contribution is 5.60. The molecule has 152 valence electrons. The molecule has 28 heavy (non-hydrogen) atoms. The summed E-state index contributed by atoms with van der Waals surface area (Å²) in [5.74, 6) is 0.732. The number of hydrogen-bond donors (Lipinski definition) is 1. The predicted molar refractivity (Wildman–Crippen MR) is 103 cm³/mol. The molecule has 0 aromatic heterocycles. The molecule has 7 heteroatoms. The largest absolute Gasteiger partial charge is 0.573 e. The molecule has 1 aliphatic rings. The lowest BCUT2D eigenvalue weighted by Gasteiger charge is -2.26. The van der Waals surface area contributed by atoms with Gasteiger partial charge in [0, 0.05) is 30.9 Å². The van der Waals surface area contributed by atoms with Crippen molar-refractivity contribution in [2.24, 2.45) is 11.7 Å². The Bertz CT molecular complexity index is 795. The van der Waals surface area contributed by atoms with Crippen LogP contribution in [0.5, 0.6) is 17.2 Å². The minimum absolute atomic E-state index is 0.00355. The summed E-state index contributed by atoms with van der Waals surface area (Å²) in [7, 11) is 0. The van der Waals surface area contributed by atoms with Gasteiger partial charge in [-0.2, -0.15) is 0 Å². The number of benzene rings is 2. The second-order valence-corrected chi connectivity index (χ2v) is 7.08. The fourth-order valence-electron chi connectivity index (χ4n) is 3.52. The first-order chi connectivity index (χ1) is 13.4. The molecule has 1 fully saturated rings. The molecule has 0 bridgehead atoms. The minimum atomic E-state index is -4.79. The third-order valence-corrected chi connectivity index (χ3v) is 4.96. The summed E-state index contributed by atoms with van der Waals surface area (Å²) in [5, 5.41) is 0. The Labute approximate surface area is 163 Å². The van der Waals surface area contributed by atoms with Crippen molar-refractivity contribution in [3.63, 3.8) is 0 Å². The molecule has 3 rings (SSSR count). The van der Waals surface area contributed by atoms with Crippen LogP contribution in [0.15, 0.2) is 42.5 Å². The van der Waals surface area contributed by atoms with Gasteiger partial charge in [-0.15, -0.1) is 13.2 Å². The van der Waals surface area contributed by atoms with E-state index in [9.17, 15) is 13.2 Å². The van der Waals surface area contributed by atoms with Crippen LogP contribution in [0.4, 0.5) is 18.9 Å². The highest BCUT2D eigenvalue weighted by Crippen LogP contribution is 2.38. The lowest BCUT2D eigenvalue weighted by molar-refractivity contribution is -0.275. The first-order valence-corrected chi connectivity index (χ1v) is 9.47. The second-order valence-electron chi connectivity index (χ2n) is 7.08. The Morgan fingerprint density at radius 1 is 1.00 bits per heavy atom. The lowest BCUT2D eigenvalue weighted by Crippen LogP contribution is -2.26. The van der Waals surface area contributed by atoms with Crippen LogP contribution in [0.25, 0.3) is 0 Å². The third-order valence-electron chi connectivity index (χ3n) is 4.96. The first kappa shape index (κ1) is 20.3. The van der Waals surface area contributed by atoms with E-state index in [1.54, 1.807) is 12.1 Å². The van der Waals surface area contributed by atoms with Gasteiger partial charge in [0.05, 0.1) is 0 Å². The summed E-state index contributed by atoms with van der Waals surface area (Å²) < 4.78 is 48.0. The molecule has 4 nitrogen and oxygen atoms in total. The van der Waals surface area contributed by atoms with Gasteiger partial charge < -0.3 is 20.1 Å². The Hall–Kier alpha value is -2.41. The van der Waals surface area contributed by atoms with E-state index < -0.39 is 6.36 Å². The molecule has 1 saturated heterocycles. The van der Waals surface area contributed by atoms with Gasteiger partial charge >= 0.3 is 6.36 Å². The zero-order chi connectivity index (χ0) is 20.1. The van der Waals surface area contributed by atoms with Crippen LogP contribution in [0, 0.1) is 5.92 Å².